The summed E-state index contributed by atoms with van der Waals surface area (Å²) in [7, 11) is -3.57. The van der Waals surface area contributed by atoms with Crippen LogP contribution in [-0.2, 0) is 8.85 Å². The van der Waals surface area contributed by atoms with Crippen molar-refractivity contribution in [2.24, 2.45) is 0 Å². The first-order valence-electron chi connectivity index (χ1n) is 10.3. The predicted molar refractivity (Wildman–Crippen MR) is 129 cm³/mol. The van der Waals surface area contributed by atoms with E-state index in [2.05, 4.69) is 83.7 Å². The smallest absolute Gasteiger partial charge is 0.192 e. The van der Waals surface area contributed by atoms with Gasteiger partial charge >= 0.3 is 0 Å². The highest BCUT2D eigenvalue weighted by Crippen LogP contribution is 2.38. The average Bonchev–Trinajstić information content (AvgIpc) is 2.52. The second kappa shape index (κ2) is 9.77. The number of rotatable bonds is 9. The van der Waals surface area contributed by atoms with Crippen LogP contribution >= 0.6 is 15.9 Å². The van der Waals surface area contributed by atoms with E-state index in [4.69, 9.17) is 13.6 Å². The number of ether oxygens (including phenoxy) is 1. The van der Waals surface area contributed by atoms with Crippen molar-refractivity contribution in [3.05, 3.63) is 28.7 Å². The summed E-state index contributed by atoms with van der Waals surface area (Å²) in [4.78, 5) is 0. The largest absolute Gasteiger partial charge is 0.488 e. The zero-order valence-corrected chi connectivity index (χ0v) is 23.2. The molecule has 6 heteroatoms. The van der Waals surface area contributed by atoms with Crippen molar-refractivity contribution in [3.8, 4) is 5.75 Å². The van der Waals surface area contributed by atoms with Crippen LogP contribution in [-0.4, -0.2) is 36.0 Å². The summed E-state index contributed by atoms with van der Waals surface area (Å²) < 4.78 is 20.2. The van der Waals surface area contributed by atoms with Crippen LogP contribution in [0.3, 0.4) is 0 Å². The fourth-order valence-corrected chi connectivity index (χ4v) is 4.42. The van der Waals surface area contributed by atoms with Crippen molar-refractivity contribution in [2.75, 3.05) is 13.2 Å². The minimum absolute atomic E-state index is 0.0138. The molecule has 0 bridgehead atoms. The van der Waals surface area contributed by atoms with Gasteiger partial charge in [-0.15, -0.1) is 0 Å². The van der Waals surface area contributed by atoms with Crippen LogP contribution in [0.2, 0.25) is 36.3 Å². The van der Waals surface area contributed by atoms with E-state index < -0.39 is 16.6 Å². The van der Waals surface area contributed by atoms with Crippen LogP contribution in [0.1, 0.15) is 48.0 Å². The molecule has 0 N–H and O–H groups in total. The van der Waals surface area contributed by atoms with Gasteiger partial charge in [-0.25, -0.2) is 0 Å². The van der Waals surface area contributed by atoms with Gasteiger partial charge in [0.05, 0.1) is 6.61 Å². The van der Waals surface area contributed by atoms with Gasteiger partial charge in [-0.2, -0.15) is 0 Å². The lowest BCUT2D eigenvalue weighted by molar-refractivity contribution is 0.0962. The molecule has 3 nitrogen and oxygen atoms in total. The molecular weight excluding hydrogens is 448 g/mol. The Morgan fingerprint density at radius 3 is 1.75 bits per heavy atom. The molecule has 0 aromatic heterocycles. The SMILES string of the molecule is CC(C)(C)[Si](C)(C)OCCC(CO[Si](C)(C)C(C)(C)C)Oc1ccc(Br)cc1. The van der Waals surface area contributed by atoms with Crippen molar-refractivity contribution in [3.63, 3.8) is 0 Å². The molecule has 1 aromatic rings. The lowest BCUT2D eigenvalue weighted by Gasteiger charge is -2.38. The highest BCUT2D eigenvalue weighted by atomic mass is 79.9. The second-order valence-electron chi connectivity index (χ2n) is 10.7. The van der Waals surface area contributed by atoms with Gasteiger partial charge < -0.3 is 13.6 Å². The Kier molecular flexibility index (Phi) is 9.04. The molecule has 1 rings (SSSR count). The summed E-state index contributed by atoms with van der Waals surface area (Å²) in [5.41, 5.74) is 0. The molecule has 0 heterocycles. The molecule has 0 aliphatic heterocycles. The van der Waals surface area contributed by atoms with E-state index in [1.165, 1.54) is 0 Å². The Balaban J connectivity index is 2.79. The molecule has 162 valence electrons. The van der Waals surface area contributed by atoms with Crippen molar-refractivity contribution in [1.82, 2.24) is 0 Å². The third kappa shape index (κ3) is 7.94. The minimum Gasteiger partial charge on any atom is -0.488 e. The van der Waals surface area contributed by atoms with Crippen molar-refractivity contribution in [1.29, 1.82) is 0 Å². The van der Waals surface area contributed by atoms with E-state index in [0.717, 1.165) is 16.6 Å². The molecule has 1 atom stereocenters. The van der Waals surface area contributed by atoms with Gasteiger partial charge in [0.2, 0.25) is 0 Å². The number of hydrogen-bond acceptors (Lipinski definition) is 3. The predicted octanol–water partition coefficient (Wildman–Crippen LogP) is 7.63. The molecule has 0 radical (unpaired) electrons. The fraction of sp³-hybridized carbons (Fsp3) is 0.727. The van der Waals surface area contributed by atoms with Crippen molar-refractivity contribution in [2.45, 2.75) is 90.3 Å². The third-order valence-electron chi connectivity index (χ3n) is 6.26. The molecule has 0 aliphatic rings. The normalized spacial score (nSPS) is 14.8. The molecule has 1 unspecified atom stereocenters. The van der Waals surface area contributed by atoms with Gasteiger partial charge in [-0.05, 0) is 60.5 Å². The molecule has 0 aliphatic carbocycles. The van der Waals surface area contributed by atoms with Crippen LogP contribution in [0.5, 0.6) is 5.75 Å². The fourth-order valence-electron chi connectivity index (χ4n) is 2.06. The van der Waals surface area contributed by atoms with Gasteiger partial charge in [-0.3, -0.25) is 0 Å². The molecular formula is C22H41BrO3Si2. The second-order valence-corrected chi connectivity index (χ2v) is 21.2. The van der Waals surface area contributed by atoms with Crippen molar-refractivity contribution >= 4 is 32.6 Å². The lowest BCUT2D eigenvalue weighted by Crippen LogP contribution is -2.44. The lowest BCUT2D eigenvalue weighted by atomic mass is 10.2. The van der Waals surface area contributed by atoms with Crippen LogP contribution in [0.4, 0.5) is 0 Å². The zero-order chi connectivity index (χ0) is 21.8. The zero-order valence-electron chi connectivity index (χ0n) is 19.6. The molecule has 1 aromatic carbocycles. The summed E-state index contributed by atoms with van der Waals surface area (Å²) in [6, 6.07) is 8.01. The van der Waals surface area contributed by atoms with Crippen molar-refractivity contribution < 1.29 is 13.6 Å². The quantitative estimate of drug-likeness (QED) is 0.334. The maximum absolute atomic E-state index is 6.46. The van der Waals surface area contributed by atoms with Gasteiger partial charge in [0, 0.05) is 17.5 Å². The average molecular weight is 490 g/mol. The summed E-state index contributed by atoms with van der Waals surface area (Å²) in [6.07, 6.45) is 0.817. The van der Waals surface area contributed by atoms with E-state index in [1.54, 1.807) is 0 Å². The molecule has 28 heavy (non-hydrogen) atoms. The molecule has 0 saturated heterocycles. The van der Waals surface area contributed by atoms with Crippen LogP contribution in [0.25, 0.3) is 0 Å². The Morgan fingerprint density at radius 2 is 1.29 bits per heavy atom. The highest BCUT2D eigenvalue weighted by Gasteiger charge is 2.39. The number of benzene rings is 1. The van der Waals surface area contributed by atoms with Crippen LogP contribution in [0.15, 0.2) is 28.7 Å². The van der Waals surface area contributed by atoms with E-state index in [1.807, 2.05) is 24.3 Å². The topological polar surface area (TPSA) is 27.7 Å². The molecule has 0 amide bonds. The van der Waals surface area contributed by atoms with Gasteiger partial charge in [-0.1, -0.05) is 57.5 Å². The minimum atomic E-state index is -1.82. The van der Waals surface area contributed by atoms with Crippen LogP contribution in [0, 0.1) is 0 Å². The van der Waals surface area contributed by atoms with E-state index in [9.17, 15) is 0 Å². The van der Waals surface area contributed by atoms with Gasteiger partial charge in [0.25, 0.3) is 0 Å². The monoisotopic (exact) mass is 488 g/mol. The molecule has 0 saturated carbocycles. The standard InChI is InChI=1S/C22H41BrO3Si2/c1-21(2,3)27(7,8)24-16-15-20(17-25-28(9,10)22(4,5)6)26-19-13-11-18(23)12-14-19/h11-14,20H,15-17H2,1-10H3. The maximum Gasteiger partial charge on any atom is 0.192 e. The Hall–Kier alpha value is -0.146. The van der Waals surface area contributed by atoms with E-state index >= 15 is 0 Å². The first kappa shape index (κ1) is 25.9. The highest BCUT2D eigenvalue weighted by molar-refractivity contribution is 9.10. The molecule has 0 spiro atoms. The maximum atomic E-state index is 6.46. The summed E-state index contributed by atoms with van der Waals surface area (Å²) in [5.74, 6) is 0.874. The Bertz CT molecular complexity index is 602. The van der Waals surface area contributed by atoms with E-state index in [-0.39, 0.29) is 16.2 Å². The molecule has 0 fully saturated rings. The number of halogens is 1. The summed E-state index contributed by atoms with van der Waals surface area (Å²) in [5, 5.41) is 0.402. The van der Waals surface area contributed by atoms with Crippen LogP contribution < -0.4 is 4.74 Å². The first-order chi connectivity index (χ1) is 12.6. The van der Waals surface area contributed by atoms with Gasteiger partial charge in [0.1, 0.15) is 11.9 Å². The third-order valence-corrected chi connectivity index (χ3v) is 15.8. The van der Waals surface area contributed by atoms with Gasteiger partial charge in [0.15, 0.2) is 16.6 Å². The van der Waals surface area contributed by atoms with E-state index in [0.29, 0.717) is 13.2 Å². The Morgan fingerprint density at radius 1 is 0.821 bits per heavy atom. The Labute approximate surface area is 183 Å². The first-order valence-corrected chi connectivity index (χ1v) is 16.9. The summed E-state index contributed by atoms with van der Waals surface area (Å²) >= 11 is 3.48. The number of hydrogen-bond donors (Lipinski definition) is 0. The summed E-state index contributed by atoms with van der Waals surface area (Å²) in [6.45, 7) is 24.1.